The molecule has 0 aromatic carbocycles. The molecule has 0 saturated heterocycles. The van der Waals surface area contributed by atoms with Crippen LogP contribution in [0.5, 0.6) is 0 Å². The normalized spacial score (nSPS) is 18.9. The smallest absolute Gasteiger partial charge is 0.188 e. The lowest BCUT2D eigenvalue weighted by Crippen LogP contribution is -2.33. The number of nitrogens with zero attached hydrogens (tertiary/aromatic N) is 1. The Balaban J connectivity index is 2.11. The van der Waals surface area contributed by atoms with Crippen molar-refractivity contribution in [1.29, 1.82) is 0 Å². The maximum atomic E-state index is 5.87. The number of hydrogen-bond donors (Lipinski definition) is 2. The Hall–Kier alpha value is -0.770. The Morgan fingerprint density at radius 3 is 2.58 bits per heavy atom. The number of guanidine groups is 1. The highest BCUT2D eigenvalue weighted by atomic mass is 16.5. The zero-order valence-electron chi connectivity index (χ0n) is 12.5. The molecule has 0 atom stereocenters. The van der Waals surface area contributed by atoms with E-state index in [9.17, 15) is 0 Å². The monoisotopic (exact) mass is 269 g/mol. The van der Waals surface area contributed by atoms with Gasteiger partial charge in [0.15, 0.2) is 5.96 Å². The summed E-state index contributed by atoms with van der Waals surface area (Å²) in [4.78, 5) is 4.48. The summed E-state index contributed by atoms with van der Waals surface area (Å²) in [6.07, 6.45) is 10.6. The van der Waals surface area contributed by atoms with E-state index in [4.69, 9.17) is 10.5 Å². The number of rotatable bonds is 7. The van der Waals surface area contributed by atoms with Gasteiger partial charge in [-0.15, -0.1) is 0 Å². The Labute approximate surface area is 118 Å². The van der Waals surface area contributed by atoms with Gasteiger partial charge < -0.3 is 15.8 Å². The van der Waals surface area contributed by atoms with Crippen molar-refractivity contribution in [1.82, 2.24) is 5.32 Å². The van der Waals surface area contributed by atoms with Gasteiger partial charge in [0.05, 0.1) is 0 Å². The number of aliphatic imine (C=N–C) groups is 1. The average Bonchev–Trinajstić information content (AvgIpc) is 2.37. The third-order valence-electron chi connectivity index (χ3n) is 3.72. The van der Waals surface area contributed by atoms with E-state index < -0.39 is 0 Å². The fourth-order valence-corrected chi connectivity index (χ4v) is 2.54. The van der Waals surface area contributed by atoms with Crippen molar-refractivity contribution in [2.45, 2.75) is 58.3 Å². The lowest BCUT2D eigenvalue weighted by molar-refractivity contribution is 0.145. The summed E-state index contributed by atoms with van der Waals surface area (Å²) in [6.45, 7) is 5.33. The summed E-state index contributed by atoms with van der Waals surface area (Å²) in [5, 5.41) is 3.16. The van der Waals surface area contributed by atoms with Crippen LogP contribution >= 0.6 is 0 Å². The predicted octanol–water partition coefficient (Wildman–Crippen LogP) is 2.68. The van der Waals surface area contributed by atoms with Crippen molar-refractivity contribution in [3.63, 3.8) is 0 Å². The second-order valence-corrected chi connectivity index (χ2v) is 5.41. The van der Waals surface area contributed by atoms with Crippen LogP contribution in [-0.2, 0) is 4.74 Å². The van der Waals surface area contributed by atoms with Gasteiger partial charge in [0.2, 0.25) is 0 Å². The number of hydrogen-bond acceptors (Lipinski definition) is 2. The van der Waals surface area contributed by atoms with Gasteiger partial charge in [-0.3, -0.25) is 4.99 Å². The van der Waals surface area contributed by atoms with Gasteiger partial charge in [-0.25, -0.2) is 0 Å². The summed E-state index contributed by atoms with van der Waals surface area (Å²) < 4.78 is 5.28. The van der Waals surface area contributed by atoms with Gasteiger partial charge in [0.1, 0.15) is 0 Å². The summed E-state index contributed by atoms with van der Waals surface area (Å²) in [5.74, 6) is 1.34. The van der Waals surface area contributed by atoms with Gasteiger partial charge in [0, 0.05) is 26.3 Å². The molecule has 1 fully saturated rings. The molecule has 3 N–H and O–H groups in total. The van der Waals surface area contributed by atoms with Crippen LogP contribution in [0.4, 0.5) is 0 Å². The van der Waals surface area contributed by atoms with E-state index in [0.717, 1.165) is 38.6 Å². The van der Waals surface area contributed by atoms with Crippen LogP contribution < -0.4 is 11.1 Å². The van der Waals surface area contributed by atoms with E-state index in [2.05, 4.69) is 10.3 Å². The first-order chi connectivity index (χ1) is 9.33. The van der Waals surface area contributed by atoms with Crippen molar-refractivity contribution in [2.75, 3.05) is 26.3 Å². The van der Waals surface area contributed by atoms with Crippen LogP contribution in [0.2, 0.25) is 0 Å². The highest BCUT2D eigenvalue weighted by molar-refractivity contribution is 5.77. The lowest BCUT2D eigenvalue weighted by Gasteiger charge is -2.17. The molecule has 19 heavy (non-hydrogen) atoms. The maximum Gasteiger partial charge on any atom is 0.188 e. The first-order valence-corrected chi connectivity index (χ1v) is 7.94. The van der Waals surface area contributed by atoms with Gasteiger partial charge in [-0.05, 0) is 32.1 Å². The molecule has 0 aromatic rings. The Kier molecular flexibility index (Phi) is 9.51. The fourth-order valence-electron chi connectivity index (χ4n) is 2.54. The van der Waals surface area contributed by atoms with Crippen LogP contribution in [0.1, 0.15) is 58.3 Å². The molecule has 0 amide bonds. The molecule has 4 heteroatoms. The number of nitrogens with one attached hydrogen (secondary N) is 1. The van der Waals surface area contributed by atoms with Gasteiger partial charge in [0.25, 0.3) is 0 Å². The zero-order chi connectivity index (χ0) is 13.8. The minimum atomic E-state index is 0.596. The second kappa shape index (κ2) is 11.1. The molecule has 0 aromatic heterocycles. The molecule has 1 aliphatic rings. The van der Waals surface area contributed by atoms with Crippen LogP contribution in [0.15, 0.2) is 4.99 Å². The van der Waals surface area contributed by atoms with E-state index in [1.807, 2.05) is 6.92 Å². The molecular formula is C15H31N3O. The number of ether oxygens (including phenoxy) is 1. The Morgan fingerprint density at radius 2 is 1.89 bits per heavy atom. The van der Waals surface area contributed by atoms with E-state index >= 15 is 0 Å². The molecule has 0 bridgehead atoms. The third-order valence-corrected chi connectivity index (χ3v) is 3.72. The summed E-state index contributed by atoms with van der Waals surface area (Å²) in [7, 11) is 0. The average molecular weight is 269 g/mol. The molecular weight excluding hydrogens is 238 g/mol. The molecule has 112 valence electrons. The topological polar surface area (TPSA) is 59.6 Å². The molecule has 4 nitrogen and oxygen atoms in total. The SMILES string of the molecule is CCOCCCNC(N)=NCC1CCCCCCC1. The number of nitrogens with two attached hydrogens (primary N) is 1. The van der Waals surface area contributed by atoms with E-state index in [-0.39, 0.29) is 0 Å². The van der Waals surface area contributed by atoms with Crippen molar-refractivity contribution < 1.29 is 4.74 Å². The first kappa shape index (κ1) is 16.3. The minimum absolute atomic E-state index is 0.596. The molecule has 0 spiro atoms. The Morgan fingerprint density at radius 1 is 1.21 bits per heavy atom. The molecule has 1 rings (SSSR count). The molecule has 1 aliphatic carbocycles. The van der Waals surface area contributed by atoms with Crippen molar-refractivity contribution >= 4 is 5.96 Å². The van der Waals surface area contributed by atoms with Crippen LogP contribution in [0.25, 0.3) is 0 Å². The first-order valence-electron chi connectivity index (χ1n) is 7.94. The Bertz CT molecular complexity index is 236. The van der Waals surface area contributed by atoms with E-state index in [1.165, 1.54) is 44.9 Å². The summed E-state index contributed by atoms with van der Waals surface area (Å²) >= 11 is 0. The van der Waals surface area contributed by atoms with E-state index in [0.29, 0.717) is 5.96 Å². The highest BCUT2D eigenvalue weighted by Crippen LogP contribution is 2.22. The maximum absolute atomic E-state index is 5.87. The van der Waals surface area contributed by atoms with Gasteiger partial charge in [-0.2, -0.15) is 0 Å². The van der Waals surface area contributed by atoms with Crippen molar-refractivity contribution in [3.8, 4) is 0 Å². The highest BCUT2D eigenvalue weighted by Gasteiger charge is 2.10. The molecule has 0 radical (unpaired) electrons. The van der Waals surface area contributed by atoms with Crippen LogP contribution in [0, 0.1) is 5.92 Å². The summed E-state index contributed by atoms with van der Waals surface area (Å²) in [6, 6.07) is 0. The lowest BCUT2D eigenvalue weighted by atomic mass is 9.91. The largest absolute Gasteiger partial charge is 0.382 e. The van der Waals surface area contributed by atoms with Crippen molar-refractivity contribution in [3.05, 3.63) is 0 Å². The minimum Gasteiger partial charge on any atom is -0.382 e. The quantitative estimate of drug-likeness (QED) is 0.424. The van der Waals surface area contributed by atoms with Crippen LogP contribution in [0.3, 0.4) is 0 Å². The van der Waals surface area contributed by atoms with Gasteiger partial charge in [-0.1, -0.05) is 32.1 Å². The zero-order valence-corrected chi connectivity index (χ0v) is 12.5. The fraction of sp³-hybridized carbons (Fsp3) is 0.933. The molecule has 0 aliphatic heterocycles. The molecule has 0 heterocycles. The molecule has 1 saturated carbocycles. The van der Waals surface area contributed by atoms with Crippen molar-refractivity contribution in [2.24, 2.45) is 16.6 Å². The van der Waals surface area contributed by atoms with Gasteiger partial charge >= 0.3 is 0 Å². The standard InChI is InChI=1S/C15H31N3O/c1-2-19-12-8-11-17-15(16)18-13-14-9-6-4-3-5-7-10-14/h14H,2-13H2,1H3,(H3,16,17,18). The summed E-state index contributed by atoms with van der Waals surface area (Å²) in [5.41, 5.74) is 5.87. The third kappa shape index (κ3) is 8.87. The van der Waals surface area contributed by atoms with Crippen LogP contribution in [-0.4, -0.2) is 32.3 Å². The second-order valence-electron chi connectivity index (χ2n) is 5.41. The predicted molar refractivity (Wildman–Crippen MR) is 81.4 cm³/mol. The molecule has 0 unspecified atom stereocenters. The van der Waals surface area contributed by atoms with E-state index in [1.54, 1.807) is 0 Å².